The van der Waals surface area contributed by atoms with Crippen molar-refractivity contribution < 1.29 is 13.2 Å². The molecule has 8 heteroatoms. The highest BCUT2D eigenvalue weighted by Crippen LogP contribution is 2.22. The summed E-state index contributed by atoms with van der Waals surface area (Å²) in [4.78, 5) is 0.0494. The van der Waals surface area contributed by atoms with Crippen molar-refractivity contribution in [3.8, 4) is 0 Å². The molecule has 108 valence electrons. The molecule has 0 spiro atoms. The molecule has 0 bridgehead atoms. The van der Waals surface area contributed by atoms with Crippen molar-refractivity contribution in [2.24, 2.45) is 0 Å². The molecule has 0 saturated heterocycles. The van der Waals surface area contributed by atoms with Crippen LogP contribution in [0.15, 0.2) is 23.1 Å². The fraction of sp³-hybridized carbons (Fsp3) is 0.455. The minimum atomic E-state index is -3.65. The quantitative estimate of drug-likeness (QED) is 0.728. The third-order valence-corrected chi connectivity index (χ3v) is 5.04. The van der Waals surface area contributed by atoms with E-state index in [4.69, 9.17) is 27.9 Å². The Morgan fingerprint density at radius 3 is 2.37 bits per heavy atom. The minimum absolute atomic E-state index is 0.0494. The summed E-state index contributed by atoms with van der Waals surface area (Å²) < 4.78 is 31.9. The van der Waals surface area contributed by atoms with Crippen LogP contribution in [0.5, 0.6) is 0 Å². The maximum absolute atomic E-state index is 12.2. The Hall–Kier alpha value is 0.150. The molecule has 1 N–H and O–H groups in total. The monoisotopic (exact) mass is 389 g/mol. The van der Waals surface area contributed by atoms with Gasteiger partial charge < -0.3 is 4.74 Å². The lowest BCUT2D eigenvalue weighted by Gasteiger charge is -2.16. The van der Waals surface area contributed by atoms with Gasteiger partial charge in [0, 0.05) is 35.1 Å². The number of alkyl halides is 1. The molecule has 0 fully saturated rings. The van der Waals surface area contributed by atoms with Gasteiger partial charge in [-0.15, -0.1) is 0 Å². The van der Waals surface area contributed by atoms with Crippen LogP contribution in [-0.2, 0) is 14.8 Å². The average Bonchev–Trinajstić information content (AvgIpc) is 2.33. The van der Waals surface area contributed by atoms with Crippen LogP contribution >= 0.6 is 39.1 Å². The van der Waals surface area contributed by atoms with E-state index in [1.54, 1.807) is 7.11 Å². The smallest absolute Gasteiger partial charge is 0.240 e. The second-order valence-corrected chi connectivity index (χ2v) is 7.09. The molecule has 1 rings (SSSR count). The first-order chi connectivity index (χ1) is 8.89. The minimum Gasteiger partial charge on any atom is -0.385 e. The number of hydrogen-bond acceptors (Lipinski definition) is 3. The summed E-state index contributed by atoms with van der Waals surface area (Å²) in [6, 6.07) is 3.94. The third-order valence-electron chi connectivity index (χ3n) is 2.32. The highest BCUT2D eigenvalue weighted by molar-refractivity contribution is 9.09. The van der Waals surface area contributed by atoms with Crippen molar-refractivity contribution >= 4 is 49.2 Å². The van der Waals surface area contributed by atoms with E-state index >= 15 is 0 Å². The van der Waals surface area contributed by atoms with Crippen molar-refractivity contribution in [2.75, 3.05) is 19.0 Å². The highest BCUT2D eigenvalue weighted by atomic mass is 79.9. The van der Waals surface area contributed by atoms with E-state index in [0.717, 1.165) is 0 Å². The first kappa shape index (κ1) is 17.2. The molecule has 0 aliphatic rings. The van der Waals surface area contributed by atoms with Crippen LogP contribution in [0.1, 0.15) is 6.42 Å². The zero-order chi connectivity index (χ0) is 14.5. The summed E-state index contributed by atoms with van der Waals surface area (Å²) >= 11 is 14.9. The van der Waals surface area contributed by atoms with Crippen LogP contribution in [0.3, 0.4) is 0 Å². The fourth-order valence-electron chi connectivity index (χ4n) is 1.40. The van der Waals surface area contributed by atoms with Crippen LogP contribution in [0.4, 0.5) is 0 Å². The fourth-order valence-corrected chi connectivity index (χ4v) is 4.09. The van der Waals surface area contributed by atoms with Crippen LogP contribution in [0.25, 0.3) is 0 Å². The van der Waals surface area contributed by atoms with E-state index < -0.39 is 10.0 Å². The molecule has 1 aromatic carbocycles. The zero-order valence-corrected chi connectivity index (χ0v) is 14.1. The average molecular weight is 391 g/mol. The molecule has 19 heavy (non-hydrogen) atoms. The molecule has 0 aromatic heterocycles. The zero-order valence-electron chi connectivity index (χ0n) is 10.2. The summed E-state index contributed by atoms with van der Waals surface area (Å²) in [5.41, 5.74) is 0. The van der Waals surface area contributed by atoms with Crippen molar-refractivity contribution in [1.82, 2.24) is 4.72 Å². The van der Waals surface area contributed by atoms with Gasteiger partial charge in [-0.1, -0.05) is 39.1 Å². The Bertz CT molecular complexity index is 504. The molecule has 0 radical (unpaired) electrons. The second kappa shape index (κ2) is 7.81. The topological polar surface area (TPSA) is 55.4 Å². The molecule has 4 nitrogen and oxygen atoms in total. The van der Waals surface area contributed by atoms with Gasteiger partial charge in [-0.3, -0.25) is 0 Å². The Morgan fingerprint density at radius 1 is 1.32 bits per heavy atom. The van der Waals surface area contributed by atoms with Gasteiger partial charge >= 0.3 is 0 Å². The number of benzene rings is 1. The summed E-state index contributed by atoms with van der Waals surface area (Å²) in [5, 5.41) is 1.05. The molecule has 1 atom stereocenters. The van der Waals surface area contributed by atoms with Crippen molar-refractivity contribution in [1.29, 1.82) is 0 Å². The molecular formula is C11H14BrCl2NO3S. The number of methoxy groups -OCH3 is 1. The van der Waals surface area contributed by atoms with Gasteiger partial charge in [0.2, 0.25) is 10.0 Å². The number of hydrogen-bond donors (Lipinski definition) is 1. The summed E-state index contributed by atoms with van der Waals surface area (Å²) in [5.74, 6) is 0. The van der Waals surface area contributed by atoms with Crippen LogP contribution in [-0.4, -0.2) is 33.5 Å². The number of sulfonamides is 1. The lowest BCUT2D eigenvalue weighted by molar-refractivity contribution is 0.188. The number of rotatable bonds is 7. The summed E-state index contributed by atoms with van der Waals surface area (Å²) in [7, 11) is -2.09. The Morgan fingerprint density at radius 2 is 1.89 bits per heavy atom. The number of ether oxygens (including phenoxy) is 1. The normalized spacial score (nSPS) is 13.5. The van der Waals surface area contributed by atoms with Gasteiger partial charge in [0.25, 0.3) is 0 Å². The largest absolute Gasteiger partial charge is 0.385 e. The number of nitrogens with one attached hydrogen (secondary N) is 1. The lowest BCUT2D eigenvalue weighted by atomic mass is 10.3. The molecule has 1 unspecified atom stereocenters. The first-order valence-electron chi connectivity index (χ1n) is 5.42. The molecule has 0 aliphatic heterocycles. The second-order valence-electron chi connectivity index (χ2n) is 3.86. The van der Waals surface area contributed by atoms with E-state index in [-0.39, 0.29) is 21.0 Å². The predicted octanol–water partition coefficient (Wildman–Crippen LogP) is 3.07. The maximum Gasteiger partial charge on any atom is 0.240 e. The molecule has 1 aromatic rings. The standard InChI is InChI=1S/C11H14BrCl2NO3S/c1-18-3-2-10(7-12)15-19(16,17)11-5-8(13)4-9(14)6-11/h4-6,10,15H,2-3,7H2,1H3. The predicted molar refractivity (Wildman–Crippen MR) is 80.9 cm³/mol. The molecule has 0 heterocycles. The molecule has 0 saturated carbocycles. The van der Waals surface area contributed by atoms with E-state index in [1.165, 1.54) is 18.2 Å². The van der Waals surface area contributed by atoms with E-state index in [2.05, 4.69) is 20.7 Å². The van der Waals surface area contributed by atoms with Crippen LogP contribution in [0, 0.1) is 0 Å². The van der Waals surface area contributed by atoms with Gasteiger partial charge in [0.05, 0.1) is 4.90 Å². The van der Waals surface area contributed by atoms with Crippen LogP contribution in [0.2, 0.25) is 10.0 Å². The first-order valence-corrected chi connectivity index (χ1v) is 8.78. The molecule has 0 aliphatic carbocycles. The summed E-state index contributed by atoms with van der Waals surface area (Å²) in [6.45, 7) is 0.467. The van der Waals surface area contributed by atoms with Gasteiger partial charge in [-0.2, -0.15) is 0 Å². The van der Waals surface area contributed by atoms with E-state index in [0.29, 0.717) is 18.4 Å². The maximum atomic E-state index is 12.2. The molecular weight excluding hydrogens is 377 g/mol. The molecule has 0 amide bonds. The van der Waals surface area contributed by atoms with Gasteiger partial charge in [-0.25, -0.2) is 13.1 Å². The highest BCUT2D eigenvalue weighted by Gasteiger charge is 2.20. The SMILES string of the molecule is COCCC(CBr)NS(=O)(=O)c1cc(Cl)cc(Cl)c1. The summed E-state index contributed by atoms with van der Waals surface area (Å²) in [6.07, 6.45) is 0.565. The van der Waals surface area contributed by atoms with Crippen LogP contribution < -0.4 is 4.72 Å². The van der Waals surface area contributed by atoms with Gasteiger partial charge in [-0.05, 0) is 24.6 Å². The van der Waals surface area contributed by atoms with Crippen molar-refractivity contribution in [2.45, 2.75) is 17.4 Å². The van der Waals surface area contributed by atoms with E-state index in [1.807, 2.05) is 0 Å². The van der Waals surface area contributed by atoms with Gasteiger partial charge in [0.15, 0.2) is 0 Å². The van der Waals surface area contributed by atoms with Gasteiger partial charge in [0.1, 0.15) is 0 Å². The van der Waals surface area contributed by atoms with Crippen molar-refractivity contribution in [3.05, 3.63) is 28.2 Å². The van der Waals surface area contributed by atoms with Crippen molar-refractivity contribution in [3.63, 3.8) is 0 Å². The third kappa shape index (κ3) is 5.57. The lowest BCUT2D eigenvalue weighted by Crippen LogP contribution is -2.36. The Labute approximate surface area is 131 Å². The Balaban J connectivity index is 2.90. The number of halogens is 3. The van der Waals surface area contributed by atoms with E-state index in [9.17, 15) is 8.42 Å². The Kier molecular flexibility index (Phi) is 7.07.